The smallest absolute Gasteiger partial charge is 0.229 e. The van der Waals surface area contributed by atoms with E-state index in [4.69, 9.17) is 14.5 Å². The quantitative estimate of drug-likeness (QED) is 0.678. The van der Waals surface area contributed by atoms with Crippen molar-refractivity contribution in [3.05, 3.63) is 11.7 Å². The van der Waals surface area contributed by atoms with Crippen molar-refractivity contribution in [2.75, 3.05) is 13.7 Å². The van der Waals surface area contributed by atoms with Crippen LogP contribution in [0.4, 0.5) is 0 Å². The summed E-state index contributed by atoms with van der Waals surface area (Å²) < 4.78 is 9.85. The molecule has 0 saturated carbocycles. The molecule has 0 radical (unpaired) electrons. The van der Waals surface area contributed by atoms with Crippen molar-refractivity contribution in [1.82, 2.24) is 10.1 Å². The molecule has 1 heterocycles. The number of aryl methyl sites for hydroxylation is 1. The van der Waals surface area contributed by atoms with Gasteiger partial charge in [0.05, 0.1) is 25.0 Å². The molecule has 1 unspecified atom stereocenters. The lowest BCUT2D eigenvalue weighted by Gasteiger charge is -1.99. The standard InChI is InChI=1S/C10H15N3O3/c1-15-6-2-3-9-12-10(16-13-9)7-8(14)4-5-11/h8,14H,2-4,6-7H2,1H3. The molecule has 0 aliphatic heterocycles. The van der Waals surface area contributed by atoms with Crippen LogP contribution in [0.15, 0.2) is 4.52 Å². The lowest BCUT2D eigenvalue weighted by atomic mass is 10.2. The number of aromatic nitrogens is 2. The molecule has 1 rings (SSSR count). The Balaban J connectivity index is 2.36. The summed E-state index contributed by atoms with van der Waals surface area (Å²) in [5.41, 5.74) is 0. The van der Waals surface area contributed by atoms with Gasteiger partial charge in [0.1, 0.15) is 0 Å². The number of ether oxygens (including phenoxy) is 1. The molecule has 6 heteroatoms. The Morgan fingerprint density at radius 2 is 2.44 bits per heavy atom. The van der Waals surface area contributed by atoms with E-state index in [-0.39, 0.29) is 12.8 Å². The first-order chi connectivity index (χ1) is 7.76. The summed E-state index contributed by atoms with van der Waals surface area (Å²) >= 11 is 0. The van der Waals surface area contributed by atoms with Crippen LogP contribution in [0.5, 0.6) is 0 Å². The van der Waals surface area contributed by atoms with Gasteiger partial charge >= 0.3 is 0 Å². The maximum atomic E-state index is 9.36. The second-order valence-corrected chi connectivity index (χ2v) is 3.42. The molecule has 1 atom stereocenters. The zero-order valence-corrected chi connectivity index (χ0v) is 9.22. The molecule has 1 aromatic rings. The third-order valence-electron chi connectivity index (χ3n) is 2.00. The van der Waals surface area contributed by atoms with Crippen LogP contribution in [0.2, 0.25) is 0 Å². The van der Waals surface area contributed by atoms with E-state index in [0.29, 0.717) is 24.7 Å². The summed E-state index contributed by atoms with van der Waals surface area (Å²) in [7, 11) is 1.64. The highest BCUT2D eigenvalue weighted by molar-refractivity contribution is 4.90. The number of nitrogens with zero attached hydrogens (tertiary/aromatic N) is 3. The van der Waals surface area contributed by atoms with Crippen LogP contribution in [0.3, 0.4) is 0 Å². The van der Waals surface area contributed by atoms with Crippen molar-refractivity contribution >= 4 is 0 Å². The number of aliphatic hydroxyl groups is 1. The Bertz CT molecular complexity index is 345. The number of hydrogen-bond donors (Lipinski definition) is 1. The van der Waals surface area contributed by atoms with E-state index < -0.39 is 6.10 Å². The van der Waals surface area contributed by atoms with Gasteiger partial charge < -0.3 is 14.4 Å². The molecule has 0 aliphatic carbocycles. The molecule has 0 saturated heterocycles. The first-order valence-corrected chi connectivity index (χ1v) is 5.11. The fraction of sp³-hybridized carbons (Fsp3) is 0.700. The highest BCUT2D eigenvalue weighted by atomic mass is 16.5. The van der Waals surface area contributed by atoms with Gasteiger partial charge in [0, 0.05) is 20.1 Å². The highest BCUT2D eigenvalue weighted by Crippen LogP contribution is 2.05. The maximum Gasteiger partial charge on any atom is 0.229 e. The SMILES string of the molecule is COCCCc1noc(CC(O)CC#N)n1. The van der Waals surface area contributed by atoms with Crippen LogP contribution in [-0.4, -0.2) is 35.1 Å². The van der Waals surface area contributed by atoms with Crippen molar-refractivity contribution < 1.29 is 14.4 Å². The van der Waals surface area contributed by atoms with Gasteiger partial charge in [-0.25, -0.2) is 0 Å². The van der Waals surface area contributed by atoms with Crippen LogP contribution in [-0.2, 0) is 17.6 Å². The van der Waals surface area contributed by atoms with Gasteiger partial charge in [-0.05, 0) is 6.42 Å². The minimum atomic E-state index is -0.739. The van der Waals surface area contributed by atoms with Crippen molar-refractivity contribution in [2.45, 2.75) is 31.8 Å². The average molecular weight is 225 g/mol. The van der Waals surface area contributed by atoms with Gasteiger partial charge in [-0.15, -0.1) is 0 Å². The normalized spacial score (nSPS) is 12.3. The average Bonchev–Trinajstić information content (AvgIpc) is 2.66. The number of hydrogen-bond acceptors (Lipinski definition) is 6. The van der Waals surface area contributed by atoms with Gasteiger partial charge in [-0.2, -0.15) is 10.2 Å². The first kappa shape index (κ1) is 12.6. The van der Waals surface area contributed by atoms with Gasteiger partial charge in [-0.1, -0.05) is 5.16 Å². The van der Waals surface area contributed by atoms with Gasteiger partial charge in [0.2, 0.25) is 5.89 Å². The molecule has 0 aromatic carbocycles. The summed E-state index contributed by atoms with van der Waals surface area (Å²) in [6.07, 6.45) is 1.07. The van der Waals surface area contributed by atoms with E-state index in [0.717, 1.165) is 6.42 Å². The van der Waals surface area contributed by atoms with Crippen LogP contribution >= 0.6 is 0 Å². The Hall–Kier alpha value is -1.45. The minimum Gasteiger partial charge on any atom is -0.392 e. The zero-order valence-electron chi connectivity index (χ0n) is 9.22. The highest BCUT2D eigenvalue weighted by Gasteiger charge is 2.11. The Morgan fingerprint density at radius 3 is 3.12 bits per heavy atom. The molecule has 88 valence electrons. The fourth-order valence-corrected chi connectivity index (χ4v) is 1.23. The van der Waals surface area contributed by atoms with Crippen LogP contribution in [0.25, 0.3) is 0 Å². The Labute approximate surface area is 93.8 Å². The van der Waals surface area contributed by atoms with Crippen molar-refractivity contribution in [3.63, 3.8) is 0 Å². The molecule has 1 N–H and O–H groups in total. The molecule has 0 fully saturated rings. The molecule has 0 aliphatic rings. The molecule has 0 amide bonds. The van der Waals surface area contributed by atoms with E-state index in [2.05, 4.69) is 10.1 Å². The lowest BCUT2D eigenvalue weighted by molar-refractivity contribution is 0.167. The van der Waals surface area contributed by atoms with Gasteiger partial charge in [0.25, 0.3) is 0 Å². The number of aliphatic hydroxyl groups excluding tert-OH is 1. The van der Waals surface area contributed by atoms with E-state index >= 15 is 0 Å². The second kappa shape index (κ2) is 6.93. The van der Waals surface area contributed by atoms with Crippen LogP contribution in [0.1, 0.15) is 24.6 Å². The third-order valence-corrected chi connectivity index (χ3v) is 2.00. The number of nitriles is 1. The van der Waals surface area contributed by atoms with Crippen molar-refractivity contribution in [2.24, 2.45) is 0 Å². The van der Waals surface area contributed by atoms with Gasteiger partial charge in [0.15, 0.2) is 5.82 Å². The topological polar surface area (TPSA) is 92.2 Å². The van der Waals surface area contributed by atoms with Crippen LogP contribution in [0, 0.1) is 11.3 Å². The largest absolute Gasteiger partial charge is 0.392 e. The second-order valence-electron chi connectivity index (χ2n) is 3.42. The predicted molar refractivity (Wildman–Crippen MR) is 54.4 cm³/mol. The molecule has 0 bridgehead atoms. The predicted octanol–water partition coefficient (Wildman–Crippen LogP) is 0.466. The van der Waals surface area contributed by atoms with E-state index in [1.165, 1.54) is 0 Å². The lowest BCUT2D eigenvalue weighted by Crippen LogP contribution is -2.09. The summed E-state index contributed by atoms with van der Waals surface area (Å²) in [5.74, 6) is 0.978. The molecule has 16 heavy (non-hydrogen) atoms. The minimum absolute atomic E-state index is 0.0708. The third kappa shape index (κ3) is 4.38. The van der Waals surface area contributed by atoms with Crippen LogP contribution < -0.4 is 0 Å². The fourth-order valence-electron chi connectivity index (χ4n) is 1.23. The Kier molecular flexibility index (Phi) is 5.46. The molecule has 0 spiro atoms. The van der Waals surface area contributed by atoms with E-state index in [1.807, 2.05) is 6.07 Å². The van der Waals surface area contributed by atoms with E-state index in [9.17, 15) is 5.11 Å². The molecule has 1 aromatic heterocycles. The van der Waals surface area contributed by atoms with Crippen molar-refractivity contribution in [1.29, 1.82) is 5.26 Å². The molecular formula is C10H15N3O3. The first-order valence-electron chi connectivity index (χ1n) is 5.11. The number of rotatable bonds is 7. The van der Waals surface area contributed by atoms with E-state index in [1.54, 1.807) is 7.11 Å². The Morgan fingerprint density at radius 1 is 1.62 bits per heavy atom. The summed E-state index contributed by atoms with van der Waals surface area (Å²) in [4.78, 5) is 4.10. The van der Waals surface area contributed by atoms with Gasteiger partial charge in [-0.3, -0.25) is 0 Å². The summed E-state index contributed by atoms with van der Waals surface area (Å²) in [5, 5.41) is 21.5. The monoisotopic (exact) mass is 225 g/mol. The maximum absolute atomic E-state index is 9.36. The summed E-state index contributed by atoms with van der Waals surface area (Å²) in [6.45, 7) is 0.654. The number of methoxy groups -OCH3 is 1. The zero-order chi connectivity index (χ0) is 11.8. The summed E-state index contributed by atoms with van der Waals surface area (Å²) in [6, 6.07) is 1.88. The molecule has 6 nitrogen and oxygen atoms in total. The molecular weight excluding hydrogens is 210 g/mol. The van der Waals surface area contributed by atoms with Crippen molar-refractivity contribution in [3.8, 4) is 6.07 Å².